The van der Waals surface area contributed by atoms with E-state index in [1.165, 1.54) is 19.2 Å². The Balaban J connectivity index is 1.58. The largest absolute Gasteiger partial charge is 0.496 e. The van der Waals surface area contributed by atoms with Crippen molar-refractivity contribution < 1.29 is 31.8 Å². The standard InChI is InChI=1S/C28H19F4IN4O3/c1-39-23-10-18(7-5-15(23)13-38)36-27-35-12-16-11-34-26(20-9-17(33)6-8-19(20)25(16)37-27)24-21(29)3-2-4-22(24)40-14-28(30,31)32/h2-10,12-13H,11,14H2,1H3,(H,35,36,37). The number of hydrogen-bond donors (Lipinski definition) is 1. The number of hydrogen-bond acceptors (Lipinski definition) is 7. The van der Waals surface area contributed by atoms with Crippen LogP contribution in [0.1, 0.15) is 27.0 Å². The monoisotopic (exact) mass is 662 g/mol. The maximum atomic E-state index is 15.2. The first kappa shape index (κ1) is 27.5. The molecule has 0 saturated heterocycles. The summed E-state index contributed by atoms with van der Waals surface area (Å²) in [6.07, 6.45) is -2.33. The third-order valence-electron chi connectivity index (χ3n) is 5.98. The smallest absolute Gasteiger partial charge is 0.422 e. The predicted molar refractivity (Wildman–Crippen MR) is 149 cm³/mol. The summed E-state index contributed by atoms with van der Waals surface area (Å²) in [6.45, 7) is -1.53. The van der Waals surface area contributed by atoms with Crippen molar-refractivity contribution >= 4 is 46.2 Å². The number of benzene rings is 3. The molecule has 2 heterocycles. The Morgan fingerprint density at radius 1 is 1.07 bits per heavy atom. The van der Waals surface area contributed by atoms with E-state index >= 15 is 4.39 Å². The van der Waals surface area contributed by atoms with Gasteiger partial charge in [-0.15, -0.1) is 0 Å². The first-order chi connectivity index (χ1) is 19.2. The lowest BCUT2D eigenvalue weighted by Crippen LogP contribution is -2.21. The van der Waals surface area contributed by atoms with Gasteiger partial charge in [-0.05, 0) is 59.0 Å². The zero-order chi connectivity index (χ0) is 28.4. The molecule has 0 amide bonds. The number of rotatable bonds is 7. The molecule has 5 rings (SSSR count). The molecule has 12 heteroatoms. The fraction of sp³-hybridized carbons (Fsp3) is 0.143. The van der Waals surface area contributed by atoms with Gasteiger partial charge in [0.2, 0.25) is 5.95 Å². The molecular weight excluding hydrogens is 643 g/mol. The van der Waals surface area contributed by atoms with Gasteiger partial charge in [-0.2, -0.15) is 13.2 Å². The Labute approximate surface area is 239 Å². The summed E-state index contributed by atoms with van der Waals surface area (Å²) < 4.78 is 65.1. The number of alkyl halides is 3. The first-order valence-electron chi connectivity index (χ1n) is 11.8. The van der Waals surface area contributed by atoms with Crippen LogP contribution in [0.5, 0.6) is 11.5 Å². The van der Waals surface area contributed by atoms with Crippen LogP contribution in [0.4, 0.5) is 29.2 Å². The molecule has 1 N–H and O–H groups in total. The first-order valence-corrected chi connectivity index (χ1v) is 12.8. The number of nitrogens with one attached hydrogen (secondary N) is 1. The summed E-state index contributed by atoms with van der Waals surface area (Å²) >= 11 is 2.10. The Morgan fingerprint density at radius 3 is 2.65 bits per heavy atom. The van der Waals surface area contributed by atoms with E-state index in [-0.39, 0.29) is 29.5 Å². The molecule has 0 unspecified atom stereocenters. The predicted octanol–water partition coefficient (Wildman–Crippen LogP) is 6.74. The molecule has 204 valence electrons. The van der Waals surface area contributed by atoms with Crippen LogP contribution in [0, 0.1) is 9.39 Å². The number of carbonyl (C=O) groups excluding carboxylic acids is 1. The van der Waals surface area contributed by atoms with Gasteiger partial charge in [-0.1, -0.05) is 12.1 Å². The fourth-order valence-electron chi connectivity index (χ4n) is 4.23. The van der Waals surface area contributed by atoms with Crippen molar-refractivity contribution in [3.63, 3.8) is 0 Å². The summed E-state index contributed by atoms with van der Waals surface area (Å²) in [7, 11) is 1.45. The minimum atomic E-state index is -4.60. The highest BCUT2D eigenvalue weighted by Crippen LogP contribution is 2.36. The maximum Gasteiger partial charge on any atom is 0.422 e. The zero-order valence-electron chi connectivity index (χ0n) is 20.7. The average molecular weight is 662 g/mol. The van der Waals surface area contributed by atoms with Gasteiger partial charge in [0.05, 0.1) is 36.2 Å². The van der Waals surface area contributed by atoms with Gasteiger partial charge < -0.3 is 14.8 Å². The lowest BCUT2D eigenvalue weighted by Gasteiger charge is -2.17. The zero-order valence-corrected chi connectivity index (χ0v) is 22.9. The van der Waals surface area contributed by atoms with E-state index in [9.17, 15) is 18.0 Å². The van der Waals surface area contributed by atoms with Gasteiger partial charge in [-0.25, -0.2) is 14.4 Å². The minimum absolute atomic E-state index is 0.0467. The SMILES string of the molecule is COc1cc(Nc2ncc3c(n2)-c2ccc(I)cc2C(c2c(F)cccc2OCC(F)(F)F)=NC3)ccc1C=O. The van der Waals surface area contributed by atoms with Crippen molar-refractivity contribution in [1.29, 1.82) is 0 Å². The molecule has 0 fully saturated rings. The lowest BCUT2D eigenvalue weighted by molar-refractivity contribution is -0.153. The normalized spacial score (nSPS) is 12.5. The third kappa shape index (κ3) is 5.76. The summed E-state index contributed by atoms with van der Waals surface area (Å²) in [5.41, 5.74) is 3.16. The highest BCUT2D eigenvalue weighted by molar-refractivity contribution is 14.1. The van der Waals surface area contributed by atoms with Crippen molar-refractivity contribution in [3.8, 4) is 22.8 Å². The van der Waals surface area contributed by atoms with Crippen LogP contribution in [0.25, 0.3) is 11.3 Å². The van der Waals surface area contributed by atoms with Gasteiger partial charge in [0.1, 0.15) is 17.3 Å². The molecule has 3 aromatic carbocycles. The summed E-state index contributed by atoms with van der Waals surface area (Å²) in [6, 6.07) is 14.0. The second-order valence-corrected chi connectivity index (χ2v) is 9.88. The van der Waals surface area contributed by atoms with Gasteiger partial charge >= 0.3 is 6.18 Å². The molecule has 1 aliphatic heterocycles. The van der Waals surface area contributed by atoms with E-state index in [4.69, 9.17) is 14.5 Å². The fourth-order valence-corrected chi connectivity index (χ4v) is 4.72. The van der Waals surface area contributed by atoms with E-state index in [1.54, 1.807) is 36.5 Å². The Morgan fingerprint density at radius 2 is 1.90 bits per heavy atom. The van der Waals surface area contributed by atoms with Crippen LogP contribution >= 0.6 is 22.6 Å². The van der Waals surface area contributed by atoms with Crippen LogP contribution in [0.3, 0.4) is 0 Å². The summed E-state index contributed by atoms with van der Waals surface area (Å²) in [4.78, 5) is 24.9. The third-order valence-corrected chi connectivity index (χ3v) is 6.66. The molecule has 0 radical (unpaired) electrons. The quantitative estimate of drug-likeness (QED) is 0.134. The van der Waals surface area contributed by atoms with Crippen molar-refractivity contribution in [2.45, 2.75) is 12.7 Å². The molecule has 0 atom stereocenters. The van der Waals surface area contributed by atoms with Crippen molar-refractivity contribution in [1.82, 2.24) is 9.97 Å². The molecule has 7 nitrogen and oxygen atoms in total. The number of nitrogens with zero attached hydrogens (tertiary/aromatic N) is 3. The Bertz CT molecular complexity index is 1640. The molecule has 0 saturated carbocycles. The molecule has 4 aromatic rings. The van der Waals surface area contributed by atoms with Crippen LogP contribution in [-0.2, 0) is 6.54 Å². The lowest BCUT2D eigenvalue weighted by atomic mass is 9.94. The molecular formula is C28H19F4IN4O3. The molecule has 0 bridgehead atoms. The van der Waals surface area contributed by atoms with Crippen molar-refractivity contribution in [3.05, 3.63) is 92.4 Å². The topological polar surface area (TPSA) is 85.7 Å². The van der Waals surface area contributed by atoms with Crippen LogP contribution in [0.2, 0.25) is 0 Å². The van der Waals surface area contributed by atoms with Gasteiger partial charge in [0.25, 0.3) is 0 Å². The van der Waals surface area contributed by atoms with Gasteiger partial charge in [0, 0.05) is 38.2 Å². The number of fused-ring (bicyclic) bond motifs is 3. The van der Waals surface area contributed by atoms with E-state index < -0.39 is 18.6 Å². The van der Waals surface area contributed by atoms with E-state index in [2.05, 4.69) is 37.9 Å². The number of methoxy groups -OCH3 is 1. The average Bonchev–Trinajstić information content (AvgIpc) is 3.07. The Hall–Kier alpha value is -4.07. The highest BCUT2D eigenvalue weighted by Gasteiger charge is 2.31. The highest BCUT2D eigenvalue weighted by atomic mass is 127. The second kappa shape index (κ2) is 11.2. The number of anilines is 2. The van der Waals surface area contributed by atoms with Crippen molar-refractivity contribution in [2.75, 3.05) is 19.0 Å². The summed E-state index contributed by atoms with van der Waals surface area (Å²) in [5.74, 6) is -0.419. The van der Waals surface area contributed by atoms with Gasteiger partial charge in [0.15, 0.2) is 12.9 Å². The molecule has 1 aliphatic rings. The van der Waals surface area contributed by atoms with Crippen LogP contribution in [0.15, 0.2) is 65.8 Å². The van der Waals surface area contributed by atoms with Crippen molar-refractivity contribution in [2.24, 2.45) is 4.99 Å². The molecule has 0 aliphatic carbocycles. The maximum absolute atomic E-state index is 15.2. The number of carbonyl (C=O) groups is 1. The number of halogens is 5. The van der Waals surface area contributed by atoms with Gasteiger partial charge in [-0.3, -0.25) is 9.79 Å². The number of aldehydes is 1. The Kier molecular flexibility index (Phi) is 7.70. The molecule has 40 heavy (non-hydrogen) atoms. The molecule has 1 aromatic heterocycles. The number of ether oxygens (including phenoxy) is 2. The van der Waals surface area contributed by atoms with E-state index in [0.29, 0.717) is 45.7 Å². The number of aromatic nitrogens is 2. The minimum Gasteiger partial charge on any atom is -0.496 e. The van der Waals surface area contributed by atoms with Crippen LogP contribution < -0.4 is 14.8 Å². The number of aliphatic imine (C=N–C) groups is 1. The van der Waals surface area contributed by atoms with E-state index in [1.807, 2.05) is 6.07 Å². The molecule has 0 spiro atoms. The van der Waals surface area contributed by atoms with Crippen LogP contribution in [-0.4, -0.2) is 41.9 Å². The summed E-state index contributed by atoms with van der Waals surface area (Å²) in [5, 5.41) is 3.09. The second-order valence-electron chi connectivity index (χ2n) is 8.64. The van der Waals surface area contributed by atoms with E-state index in [0.717, 1.165) is 9.64 Å².